The molecule has 0 aliphatic heterocycles. The van der Waals surface area contributed by atoms with E-state index in [1.807, 2.05) is 31.2 Å². The van der Waals surface area contributed by atoms with Crippen LogP contribution in [0.2, 0.25) is 0 Å². The molecule has 0 saturated heterocycles. The molecule has 1 aromatic carbocycles. The van der Waals surface area contributed by atoms with Crippen molar-refractivity contribution in [1.82, 2.24) is 0 Å². The molecule has 2 nitrogen and oxygen atoms in total. The predicted molar refractivity (Wildman–Crippen MR) is 55.4 cm³/mol. The zero-order chi connectivity index (χ0) is 9.84. The predicted octanol–water partition coefficient (Wildman–Crippen LogP) is 2.49. The highest BCUT2D eigenvalue weighted by atomic mass is 16.3. The summed E-state index contributed by atoms with van der Waals surface area (Å²) in [6, 6.07) is 7.76. The van der Waals surface area contributed by atoms with Gasteiger partial charge in [-0.1, -0.05) is 30.8 Å². The van der Waals surface area contributed by atoms with Crippen molar-refractivity contribution in [2.45, 2.75) is 6.92 Å². The van der Waals surface area contributed by atoms with Crippen LogP contribution >= 0.6 is 0 Å². The number of aliphatic imine (C=N–C) groups is 1. The maximum atomic E-state index is 9.26. The van der Waals surface area contributed by atoms with Crippen LogP contribution in [-0.4, -0.2) is 17.9 Å². The lowest BCUT2D eigenvalue weighted by Gasteiger charge is -2.06. The largest absolute Gasteiger partial charge is 0.506 e. The first-order valence-electron chi connectivity index (χ1n) is 4.08. The SMILES string of the molecule is C=C(O)C(=NC)c1ccccc1C. The lowest BCUT2D eigenvalue weighted by atomic mass is 10.0. The number of hydrogen-bond donors (Lipinski definition) is 1. The molecule has 0 amide bonds. The van der Waals surface area contributed by atoms with Crippen molar-refractivity contribution < 1.29 is 5.11 Å². The molecule has 1 N–H and O–H groups in total. The highest BCUT2D eigenvalue weighted by molar-refractivity contribution is 6.11. The molecule has 68 valence electrons. The van der Waals surface area contributed by atoms with E-state index < -0.39 is 0 Å². The van der Waals surface area contributed by atoms with Crippen LogP contribution in [-0.2, 0) is 0 Å². The van der Waals surface area contributed by atoms with Crippen molar-refractivity contribution in [3.8, 4) is 0 Å². The second kappa shape index (κ2) is 3.90. The van der Waals surface area contributed by atoms with Gasteiger partial charge in [0.25, 0.3) is 0 Å². The van der Waals surface area contributed by atoms with E-state index in [-0.39, 0.29) is 5.76 Å². The lowest BCUT2D eigenvalue weighted by molar-refractivity contribution is 0.446. The van der Waals surface area contributed by atoms with Crippen LogP contribution < -0.4 is 0 Å². The summed E-state index contributed by atoms with van der Waals surface area (Å²) in [6.07, 6.45) is 0. The fourth-order valence-electron chi connectivity index (χ4n) is 1.24. The van der Waals surface area contributed by atoms with E-state index in [1.165, 1.54) is 0 Å². The fourth-order valence-corrected chi connectivity index (χ4v) is 1.24. The lowest BCUT2D eigenvalue weighted by Crippen LogP contribution is -2.05. The van der Waals surface area contributed by atoms with Gasteiger partial charge >= 0.3 is 0 Å². The van der Waals surface area contributed by atoms with Crippen LogP contribution in [0.4, 0.5) is 0 Å². The molecule has 0 fully saturated rings. The third-order valence-corrected chi connectivity index (χ3v) is 1.90. The van der Waals surface area contributed by atoms with E-state index in [4.69, 9.17) is 0 Å². The number of rotatable bonds is 2. The topological polar surface area (TPSA) is 32.6 Å². The maximum absolute atomic E-state index is 9.26. The number of aryl methyl sites for hydroxylation is 1. The zero-order valence-electron chi connectivity index (χ0n) is 7.91. The average molecular weight is 175 g/mol. The van der Waals surface area contributed by atoms with E-state index in [2.05, 4.69) is 11.6 Å². The summed E-state index contributed by atoms with van der Waals surface area (Å²) in [5.41, 5.74) is 2.56. The number of aliphatic hydroxyl groups is 1. The molecular formula is C11H13NO. The van der Waals surface area contributed by atoms with E-state index in [9.17, 15) is 5.11 Å². The Balaban J connectivity index is 3.21. The van der Waals surface area contributed by atoms with E-state index in [0.29, 0.717) is 5.71 Å². The Morgan fingerprint density at radius 3 is 2.46 bits per heavy atom. The molecule has 13 heavy (non-hydrogen) atoms. The molecule has 0 atom stereocenters. The van der Waals surface area contributed by atoms with Gasteiger partial charge in [-0.25, -0.2) is 0 Å². The minimum atomic E-state index is 0.0109. The molecule has 2 heteroatoms. The smallest absolute Gasteiger partial charge is 0.134 e. The van der Waals surface area contributed by atoms with Crippen molar-refractivity contribution in [3.05, 3.63) is 47.7 Å². The molecule has 0 aliphatic carbocycles. The Labute approximate surface area is 78.3 Å². The Hall–Kier alpha value is -1.57. The average Bonchev–Trinajstić information content (AvgIpc) is 2.09. The third kappa shape index (κ3) is 1.96. The quantitative estimate of drug-likeness (QED) is 0.543. The zero-order valence-corrected chi connectivity index (χ0v) is 7.91. The standard InChI is InChI=1S/C11H13NO/c1-8-6-4-5-7-10(8)11(12-3)9(2)13/h4-7,13H,2H2,1,3H3. The number of aliphatic hydroxyl groups excluding tert-OH is 1. The molecule has 0 saturated carbocycles. The molecule has 0 heterocycles. The van der Waals surface area contributed by atoms with Crippen molar-refractivity contribution in [2.75, 3.05) is 7.05 Å². The summed E-state index contributed by atoms with van der Waals surface area (Å²) < 4.78 is 0. The summed E-state index contributed by atoms with van der Waals surface area (Å²) in [5, 5.41) is 9.26. The Bertz CT molecular complexity index is 353. The van der Waals surface area contributed by atoms with Gasteiger partial charge < -0.3 is 5.11 Å². The van der Waals surface area contributed by atoms with Crippen molar-refractivity contribution in [3.63, 3.8) is 0 Å². The first-order chi connectivity index (χ1) is 6.16. The van der Waals surface area contributed by atoms with Crippen LogP contribution in [0.3, 0.4) is 0 Å². The monoisotopic (exact) mass is 175 g/mol. The van der Waals surface area contributed by atoms with Crippen LogP contribution in [0.5, 0.6) is 0 Å². The van der Waals surface area contributed by atoms with Gasteiger partial charge in [0.05, 0.1) is 0 Å². The maximum Gasteiger partial charge on any atom is 0.134 e. The first-order valence-corrected chi connectivity index (χ1v) is 4.08. The van der Waals surface area contributed by atoms with Gasteiger partial charge in [0.1, 0.15) is 11.5 Å². The van der Waals surface area contributed by atoms with Gasteiger partial charge in [-0.05, 0) is 12.5 Å². The van der Waals surface area contributed by atoms with Crippen LogP contribution in [0.25, 0.3) is 0 Å². The van der Waals surface area contributed by atoms with E-state index in [1.54, 1.807) is 7.05 Å². The van der Waals surface area contributed by atoms with E-state index >= 15 is 0 Å². The van der Waals surface area contributed by atoms with Crippen molar-refractivity contribution in [1.29, 1.82) is 0 Å². The normalized spacial score (nSPS) is 11.4. The van der Waals surface area contributed by atoms with E-state index in [0.717, 1.165) is 11.1 Å². The Morgan fingerprint density at radius 2 is 2.00 bits per heavy atom. The summed E-state index contributed by atoms with van der Waals surface area (Å²) in [6.45, 7) is 5.44. The summed E-state index contributed by atoms with van der Waals surface area (Å²) >= 11 is 0. The number of benzene rings is 1. The molecule has 0 aromatic heterocycles. The number of allylic oxidation sites excluding steroid dienone is 1. The number of nitrogens with zero attached hydrogens (tertiary/aromatic N) is 1. The van der Waals surface area contributed by atoms with Gasteiger partial charge in [-0.15, -0.1) is 0 Å². The third-order valence-electron chi connectivity index (χ3n) is 1.90. The van der Waals surface area contributed by atoms with Crippen LogP contribution in [0, 0.1) is 6.92 Å². The van der Waals surface area contributed by atoms with Crippen molar-refractivity contribution >= 4 is 5.71 Å². The molecule has 0 aliphatic rings. The summed E-state index contributed by atoms with van der Waals surface area (Å²) in [4.78, 5) is 3.99. The van der Waals surface area contributed by atoms with Gasteiger partial charge in [-0.2, -0.15) is 0 Å². The molecular weight excluding hydrogens is 162 g/mol. The highest BCUT2D eigenvalue weighted by Gasteiger charge is 2.07. The second-order valence-electron chi connectivity index (χ2n) is 2.83. The summed E-state index contributed by atoms with van der Waals surface area (Å²) in [5.74, 6) is 0.0109. The fraction of sp³-hybridized carbons (Fsp3) is 0.182. The first kappa shape index (κ1) is 9.52. The minimum absolute atomic E-state index is 0.0109. The van der Waals surface area contributed by atoms with Gasteiger partial charge in [-0.3, -0.25) is 4.99 Å². The van der Waals surface area contributed by atoms with Gasteiger partial charge in [0, 0.05) is 12.6 Å². The summed E-state index contributed by atoms with van der Waals surface area (Å²) in [7, 11) is 1.64. The minimum Gasteiger partial charge on any atom is -0.506 e. The molecule has 0 spiro atoms. The molecule has 1 aromatic rings. The van der Waals surface area contributed by atoms with Gasteiger partial charge in [0.15, 0.2) is 0 Å². The molecule has 0 radical (unpaired) electrons. The molecule has 0 unspecified atom stereocenters. The van der Waals surface area contributed by atoms with Crippen LogP contribution in [0.1, 0.15) is 11.1 Å². The highest BCUT2D eigenvalue weighted by Crippen LogP contribution is 2.11. The van der Waals surface area contributed by atoms with Gasteiger partial charge in [0.2, 0.25) is 0 Å². The number of hydrogen-bond acceptors (Lipinski definition) is 2. The van der Waals surface area contributed by atoms with Crippen LogP contribution in [0.15, 0.2) is 41.6 Å². The Morgan fingerprint density at radius 1 is 1.38 bits per heavy atom. The Kier molecular flexibility index (Phi) is 2.85. The van der Waals surface area contributed by atoms with Crippen molar-refractivity contribution in [2.24, 2.45) is 4.99 Å². The second-order valence-corrected chi connectivity index (χ2v) is 2.83. The molecule has 0 bridgehead atoms. The molecule has 1 rings (SSSR count).